The number of carbonyl (C=O) groups excluding carboxylic acids is 2. The fourth-order valence-electron chi connectivity index (χ4n) is 1.23. The number of aryl methyl sites for hydroxylation is 1. The fourth-order valence-corrected chi connectivity index (χ4v) is 1.23. The minimum absolute atomic E-state index is 0.124. The summed E-state index contributed by atoms with van der Waals surface area (Å²) in [5.41, 5.74) is -0.592. The number of rotatable bonds is 3. The SMILES string of the molecule is Cc1cc(NC(=O)CN(C)C(=O)OC(C)(C)C)no1. The third-order valence-corrected chi connectivity index (χ3v) is 1.98. The van der Waals surface area contributed by atoms with Gasteiger partial charge in [0, 0.05) is 13.1 Å². The highest BCUT2D eigenvalue weighted by atomic mass is 16.6. The molecule has 2 amide bonds. The number of nitrogens with one attached hydrogen (secondary N) is 1. The van der Waals surface area contributed by atoms with Gasteiger partial charge in [-0.1, -0.05) is 5.16 Å². The van der Waals surface area contributed by atoms with E-state index in [0.29, 0.717) is 11.6 Å². The number of nitrogens with zero attached hydrogens (tertiary/aromatic N) is 2. The monoisotopic (exact) mass is 269 g/mol. The van der Waals surface area contributed by atoms with Gasteiger partial charge < -0.3 is 19.5 Å². The molecule has 0 aliphatic heterocycles. The Hall–Kier alpha value is -2.05. The molecule has 0 bridgehead atoms. The maximum atomic E-state index is 11.7. The van der Waals surface area contributed by atoms with Crippen LogP contribution in [-0.4, -0.2) is 41.3 Å². The van der Waals surface area contributed by atoms with Crippen LogP contribution in [0.15, 0.2) is 10.6 Å². The second-order valence-corrected chi connectivity index (χ2v) is 5.21. The minimum atomic E-state index is -0.592. The van der Waals surface area contributed by atoms with Crippen molar-refractivity contribution in [2.24, 2.45) is 0 Å². The zero-order chi connectivity index (χ0) is 14.6. The van der Waals surface area contributed by atoms with E-state index >= 15 is 0 Å². The molecule has 1 N–H and O–H groups in total. The van der Waals surface area contributed by atoms with E-state index in [2.05, 4.69) is 10.5 Å². The molecule has 0 saturated carbocycles. The van der Waals surface area contributed by atoms with Crippen LogP contribution in [-0.2, 0) is 9.53 Å². The number of aromatic nitrogens is 1. The summed E-state index contributed by atoms with van der Waals surface area (Å²) in [5, 5.41) is 6.14. The first-order valence-electron chi connectivity index (χ1n) is 5.84. The zero-order valence-electron chi connectivity index (χ0n) is 11.8. The van der Waals surface area contributed by atoms with E-state index in [9.17, 15) is 9.59 Å². The molecule has 7 nitrogen and oxygen atoms in total. The summed E-state index contributed by atoms with van der Waals surface area (Å²) < 4.78 is 9.94. The standard InChI is InChI=1S/C12H19N3O4/c1-8-6-9(14-19-8)13-10(16)7-15(5)11(17)18-12(2,3)4/h6H,7H2,1-5H3,(H,13,14,16). The van der Waals surface area contributed by atoms with Gasteiger partial charge in [0.05, 0.1) is 0 Å². The van der Waals surface area contributed by atoms with Gasteiger partial charge in [0.25, 0.3) is 0 Å². The average Bonchev–Trinajstić information content (AvgIpc) is 2.60. The van der Waals surface area contributed by atoms with E-state index in [-0.39, 0.29) is 12.5 Å². The Kier molecular flexibility index (Phi) is 4.52. The van der Waals surface area contributed by atoms with Crippen LogP contribution >= 0.6 is 0 Å². The lowest BCUT2D eigenvalue weighted by molar-refractivity contribution is -0.117. The molecule has 0 atom stereocenters. The molecule has 0 aliphatic carbocycles. The van der Waals surface area contributed by atoms with Crippen molar-refractivity contribution in [3.8, 4) is 0 Å². The fraction of sp³-hybridized carbons (Fsp3) is 0.583. The Labute approximate surface area is 111 Å². The lowest BCUT2D eigenvalue weighted by Crippen LogP contribution is -2.38. The van der Waals surface area contributed by atoms with Crippen LogP contribution < -0.4 is 5.32 Å². The van der Waals surface area contributed by atoms with Crippen molar-refractivity contribution in [2.75, 3.05) is 18.9 Å². The second kappa shape index (κ2) is 5.73. The second-order valence-electron chi connectivity index (χ2n) is 5.21. The van der Waals surface area contributed by atoms with E-state index in [1.165, 1.54) is 11.9 Å². The first-order valence-corrected chi connectivity index (χ1v) is 5.84. The molecule has 106 valence electrons. The third kappa shape index (κ3) is 5.41. The van der Waals surface area contributed by atoms with Crippen LogP contribution in [0.3, 0.4) is 0 Å². The van der Waals surface area contributed by atoms with Crippen LogP contribution in [0.4, 0.5) is 10.6 Å². The van der Waals surface area contributed by atoms with Crippen molar-refractivity contribution in [3.05, 3.63) is 11.8 Å². The van der Waals surface area contributed by atoms with Crippen molar-refractivity contribution >= 4 is 17.8 Å². The van der Waals surface area contributed by atoms with Crippen molar-refractivity contribution in [1.82, 2.24) is 10.1 Å². The van der Waals surface area contributed by atoms with Crippen molar-refractivity contribution < 1.29 is 18.8 Å². The van der Waals surface area contributed by atoms with Gasteiger partial charge in [-0.3, -0.25) is 4.79 Å². The summed E-state index contributed by atoms with van der Waals surface area (Å²) in [6, 6.07) is 1.59. The smallest absolute Gasteiger partial charge is 0.410 e. The summed E-state index contributed by atoms with van der Waals surface area (Å²) in [7, 11) is 1.49. The van der Waals surface area contributed by atoms with Crippen LogP contribution in [0.1, 0.15) is 26.5 Å². The summed E-state index contributed by atoms with van der Waals surface area (Å²) in [5.74, 6) is 0.539. The number of hydrogen-bond donors (Lipinski definition) is 1. The van der Waals surface area contributed by atoms with Gasteiger partial charge in [-0.25, -0.2) is 4.79 Å². The molecule has 0 spiro atoms. The number of anilines is 1. The van der Waals surface area contributed by atoms with Gasteiger partial charge in [-0.2, -0.15) is 0 Å². The number of amides is 2. The molecular formula is C12H19N3O4. The predicted octanol–water partition coefficient (Wildman–Crippen LogP) is 1.79. The Morgan fingerprint density at radius 2 is 2.11 bits per heavy atom. The molecule has 0 aliphatic rings. The van der Waals surface area contributed by atoms with Crippen molar-refractivity contribution in [3.63, 3.8) is 0 Å². The van der Waals surface area contributed by atoms with Gasteiger partial charge in [0.1, 0.15) is 17.9 Å². The van der Waals surface area contributed by atoms with Gasteiger partial charge in [0.15, 0.2) is 5.82 Å². The van der Waals surface area contributed by atoms with Gasteiger partial charge in [0.2, 0.25) is 5.91 Å². The summed E-state index contributed by atoms with van der Waals surface area (Å²) in [4.78, 5) is 24.5. The van der Waals surface area contributed by atoms with E-state index in [4.69, 9.17) is 9.26 Å². The maximum Gasteiger partial charge on any atom is 0.410 e. The average molecular weight is 269 g/mol. The Morgan fingerprint density at radius 1 is 1.47 bits per heavy atom. The molecule has 19 heavy (non-hydrogen) atoms. The molecule has 0 radical (unpaired) electrons. The summed E-state index contributed by atoms with van der Waals surface area (Å²) in [6.07, 6.45) is -0.556. The molecule has 0 fully saturated rings. The van der Waals surface area contributed by atoms with Crippen molar-refractivity contribution in [1.29, 1.82) is 0 Å². The molecule has 1 rings (SSSR count). The maximum absolute atomic E-state index is 11.7. The summed E-state index contributed by atoms with van der Waals surface area (Å²) in [6.45, 7) is 6.88. The number of likely N-dealkylation sites (N-methyl/N-ethyl adjacent to an activating group) is 1. The van der Waals surface area contributed by atoms with E-state index < -0.39 is 11.7 Å². The molecule has 1 aromatic rings. The van der Waals surface area contributed by atoms with Gasteiger partial charge in [-0.15, -0.1) is 0 Å². The predicted molar refractivity (Wildman–Crippen MR) is 68.7 cm³/mol. The molecule has 1 heterocycles. The highest BCUT2D eigenvalue weighted by molar-refractivity contribution is 5.92. The van der Waals surface area contributed by atoms with Crippen LogP contribution in [0.25, 0.3) is 0 Å². The first-order chi connectivity index (χ1) is 8.67. The lowest BCUT2D eigenvalue weighted by atomic mass is 10.2. The highest BCUT2D eigenvalue weighted by Gasteiger charge is 2.21. The van der Waals surface area contributed by atoms with Crippen molar-refractivity contribution in [2.45, 2.75) is 33.3 Å². The normalized spacial score (nSPS) is 11.0. The summed E-state index contributed by atoms with van der Waals surface area (Å²) >= 11 is 0. The van der Waals surface area contributed by atoms with Crippen LogP contribution in [0.2, 0.25) is 0 Å². The molecule has 0 unspecified atom stereocenters. The van der Waals surface area contributed by atoms with E-state index in [1.54, 1.807) is 33.8 Å². The Bertz CT molecular complexity index is 462. The van der Waals surface area contributed by atoms with E-state index in [1.807, 2.05) is 0 Å². The quantitative estimate of drug-likeness (QED) is 0.904. The van der Waals surface area contributed by atoms with Crippen LogP contribution in [0, 0.1) is 6.92 Å². The molecule has 1 aromatic heterocycles. The van der Waals surface area contributed by atoms with Gasteiger partial charge >= 0.3 is 6.09 Å². The molecule has 0 saturated heterocycles. The first kappa shape index (κ1) is 15.0. The minimum Gasteiger partial charge on any atom is -0.444 e. The van der Waals surface area contributed by atoms with E-state index in [0.717, 1.165) is 0 Å². The van der Waals surface area contributed by atoms with Gasteiger partial charge in [-0.05, 0) is 27.7 Å². The third-order valence-electron chi connectivity index (χ3n) is 1.98. The highest BCUT2D eigenvalue weighted by Crippen LogP contribution is 2.10. The number of ether oxygens (including phenoxy) is 1. The van der Waals surface area contributed by atoms with Crippen LogP contribution in [0.5, 0.6) is 0 Å². The Morgan fingerprint density at radius 3 is 2.58 bits per heavy atom. The lowest BCUT2D eigenvalue weighted by Gasteiger charge is -2.24. The molecular weight excluding hydrogens is 250 g/mol. The molecule has 0 aromatic carbocycles. The number of hydrogen-bond acceptors (Lipinski definition) is 5. The largest absolute Gasteiger partial charge is 0.444 e. The Balaban J connectivity index is 2.46. The number of carbonyl (C=O) groups is 2. The zero-order valence-corrected chi connectivity index (χ0v) is 11.8. The molecule has 7 heteroatoms. The topological polar surface area (TPSA) is 84.7 Å².